The Labute approximate surface area is 159 Å². The molecule has 0 spiro atoms. The lowest BCUT2D eigenvalue weighted by Crippen LogP contribution is -2.15. The first-order valence-electron chi connectivity index (χ1n) is 8.72. The number of rotatable bonds is 4. The summed E-state index contributed by atoms with van der Waals surface area (Å²) in [5.41, 5.74) is 4.03. The second kappa shape index (κ2) is 6.89. The number of aromatic nitrogens is 1. The van der Waals surface area contributed by atoms with Crippen LogP contribution in [0.3, 0.4) is 0 Å². The Kier molecular flexibility index (Phi) is 4.42. The predicted octanol–water partition coefficient (Wildman–Crippen LogP) is 5.37. The van der Waals surface area contributed by atoms with Crippen molar-refractivity contribution >= 4 is 10.0 Å². The van der Waals surface area contributed by atoms with E-state index in [4.69, 9.17) is 0 Å². The normalized spacial score (nSPS) is 11.4. The lowest BCUT2D eigenvalue weighted by Gasteiger charge is -2.15. The molecule has 4 aromatic rings. The Morgan fingerprint density at radius 1 is 0.593 bits per heavy atom. The summed E-state index contributed by atoms with van der Waals surface area (Å²) < 4.78 is 28.6. The van der Waals surface area contributed by atoms with Crippen LogP contribution < -0.4 is 0 Å². The molecule has 0 unspecified atom stereocenters. The largest absolute Gasteiger partial charge is 0.268 e. The first-order valence-corrected chi connectivity index (χ1v) is 10.2. The maximum Gasteiger partial charge on any atom is 0.268 e. The van der Waals surface area contributed by atoms with Crippen LogP contribution in [0.4, 0.5) is 0 Å². The molecule has 0 amide bonds. The van der Waals surface area contributed by atoms with Crippen molar-refractivity contribution in [2.75, 3.05) is 0 Å². The van der Waals surface area contributed by atoms with Crippen molar-refractivity contribution in [3.8, 4) is 22.5 Å². The molecule has 3 nitrogen and oxygen atoms in total. The zero-order valence-corrected chi connectivity index (χ0v) is 15.7. The van der Waals surface area contributed by atoms with Crippen LogP contribution in [-0.4, -0.2) is 12.4 Å². The van der Waals surface area contributed by atoms with Gasteiger partial charge < -0.3 is 0 Å². The van der Waals surface area contributed by atoms with E-state index < -0.39 is 10.0 Å². The van der Waals surface area contributed by atoms with Crippen LogP contribution in [0.25, 0.3) is 22.5 Å². The van der Waals surface area contributed by atoms with Gasteiger partial charge in [0.05, 0.1) is 16.3 Å². The molecule has 0 fully saturated rings. The van der Waals surface area contributed by atoms with Gasteiger partial charge in [0.25, 0.3) is 10.0 Å². The summed E-state index contributed by atoms with van der Waals surface area (Å²) in [6.45, 7) is 1.94. The van der Waals surface area contributed by atoms with E-state index in [1.807, 2.05) is 91.9 Å². The molecule has 0 radical (unpaired) electrons. The summed E-state index contributed by atoms with van der Waals surface area (Å²) in [7, 11) is -3.75. The Hall–Kier alpha value is -3.11. The molecular weight excluding hydrogens is 354 g/mol. The predicted molar refractivity (Wildman–Crippen MR) is 109 cm³/mol. The minimum absolute atomic E-state index is 0.277. The SMILES string of the molecule is Cc1ccc(S(=O)(=O)n2c(-c3ccccc3)ccc2-c2ccccc2)cc1. The third-order valence-corrected chi connectivity index (χ3v) is 6.28. The minimum atomic E-state index is -3.75. The van der Waals surface area contributed by atoms with Gasteiger partial charge in [-0.15, -0.1) is 0 Å². The van der Waals surface area contributed by atoms with Crippen LogP contribution in [0.15, 0.2) is 102 Å². The Balaban J connectivity index is 1.99. The van der Waals surface area contributed by atoms with Gasteiger partial charge in [-0.2, -0.15) is 0 Å². The highest BCUT2D eigenvalue weighted by atomic mass is 32.2. The van der Waals surface area contributed by atoms with E-state index >= 15 is 0 Å². The molecule has 4 rings (SSSR count). The third-order valence-electron chi connectivity index (χ3n) is 4.53. The first-order chi connectivity index (χ1) is 13.1. The van der Waals surface area contributed by atoms with E-state index in [1.54, 1.807) is 12.1 Å². The number of hydrogen-bond donors (Lipinski definition) is 0. The number of hydrogen-bond acceptors (Lipinski definition) is 2. The highest BCUT2D eigenvalue weighted by molar-refractivity contribution is 7.90. The molecule has 27 heavy (non-hydrogen) atoms. The summed E-state index contributed by atoms with van der Waals surface area (Å²) in [4.78, 5) is 0.277. The van der Waals surface area contributed by atoms with Crippen LogP contribution >= 0.6 is 0 Å². The van der Waals surface area contributed by atoms with Gasteiger partial charge in [0, 0.05) is 0 Å². The van der Waals surface area contributed by atoms with Crippen LogP contribution in [0, 0.1) is 6.92 Å². The first kappa shape index (κ1) is 17.3. The molecule has 0 saturated carbocycles. The van der Waals surface area contributed by atoms with Crippen LogP contribution in [0.5, 0.6) is 0 Å². The fraction of sp³-hybridized carbons (Fsp3) is 0.0435. The molecule has 3 aromatic carbocycles. The fourth-order valence-electron chi connectivity index (χ4n) is 3.14. The molecule has 0 aliphatic carbocycles. The zero-order valence-electron chi connectivity index (χ0n) is 14.9. The molecule has 4 heteroatoms. The van der Waals surface area contributed by atoms with Crippen molar-refractivity contribution in [1.29, 1.82) is 0 Å². The topological polar surface area (TPSA) is 39.1 Å². The fourth-order valence-corrected chi connectivity index (χ4v) is 4.68. The number of nitrogens with zero attached hydrogens (tertiary/aromatic N) is 1. The molecule has 1 aromatic heterocycles. The van der Waals surface area contributed by atoms with Gasteiger partial charge in [0.15, 0.2) is 0 Å². The molecule has 0 atom stereocenters. The van der Waals surface area contributed by atoms with Crippen molar-refractivity contribution in [1.82, 2.24) is 3.97 Å². The van der Waals surface area contributed by atoms with Crippen molar-refractivity contribution in [3.05, 3.63) is 103 Å². The van der Waals surface area contributed by atoms with E-state index in [0.717, 1.165) is 16.7 Å². The average molecular weight is 373 g/mol. The Morgan fingerprint density at radius 3 is 1.48 bits per heavy atom. The highest BCUT2D eigenvalue weighted by Crippen LogP contribution is 2.33. The van der Waals surface area contributed by atoms with Crippen molar-refractivity contribution < 1.29 is 8.42 Å². The van der Waals surface area contributed by atoms with E-state index in [0.29, 0.717) is 11.4 Å². The zero-order chi connectivity index (χ0) is 18.9. The van der Waals surface area contributed by atoms with E-state index in [-0.39, 0.29) is 4.90 Å². The van der Waals surface area contributed by atoms with Gasteiger partial charge in [-0.3, -0.25) is 0 Å². The minimum Gasteiger partial charge on any atom is -0.233 e. The maximum atomic E-state index is 13.6. The van der Waals surface area contributed by atoms with Gasteiger partial charge in [-0.05, 0) is 42.3 Å². The van der Waals surface area contributed by atoms with E-state index in [2.05, 4.69) is 0 Å². The molecule has 0 bridgehead atoms. The molecular formula is C23H19NO2S. The molecule has 0 saturated heterocycles. The van der Waals surface area contributed by atoms with Crippen LogP contribution in [0.2, 0.25) is 0 Å². The standard InChI is InChI=1S/C23H19NO2S/c1-18-12-14-21(15-13-18)27(25,26)24-22(19-8-4-2-5-9-19)16-17-23(24)20-10-6-3-7-11-20/h2-17H,1H3. The monoisotopic (exact) mass is 373 g/mol. The van der Waals surface area contributed by atoms with Crippen LogP contribution in [0.1, 0.15) is 5.56 Å². The summed E-state index contributed by atoms with van der Waals surface area (Å²) in [5, 5.41) is 0. The molecule has 0 aliphatic rings. The summed E-state index contributed by atoms with van der Waals surface area (Å²) in [5.74, 6) is 0. The number of aryl methyl sites for hydroxylation is 1. The summed E-state index contributed by atoms with van der Waals surface area (Å²) >= 11 is 0. The Morgan fingerprint density at radius 2 is 1.04 bits per heavy atom. The third kappa shape index (κ3) is 3.20. The lowest BCUT2D eigenvalue weighted by molar-refractivity contribution is 0.588. The highest BCUT2D eigenvalue weighted by Gasteiger charge is 2.24. The van der Waals surface area contributed by atoms with Gasteiger partial charge in [0.1, 0.15) is 0 Å². The lowest BCUT2D eigenvalue weighted by atomic mass is 10.2. The molecule has 134 valence electrons. The van der Waals surface area contributed by atoms with E-state index in [9.17, 15) is 8.42 Å². The number of benzene rings is 3. The maximum absolute atomic E-state index is 13.6. The summed E-state index contributed by atoms with van der Waals surface area (Å²) in [6.07, 6.45) is 0. The molecule has 0 aliphatic heterocycles. The van der Waals surface area contributed by atoms with Gasteiger partial charge in [0.2, 0.25) is 0 Å². The van der Waals surface area contributed by atoms with Crippen molar-refractivity contribution in [2.45, 2.75) is 11.8 Å². The summed E-state index contributed by atoms with van der Waals surface area (Å²) in [6, 6.07) is 29.9. The van der Waals surface area contributed by atoms with Gasteiger partial charge in [-0.25, -0.2) is 12.4 Å². The second-order valence-electron chi connectivity index (χ2n) is 6.42. The Bertz CT molecular complexity index is 1100. The average Bonchev–Trinajstić information content (AvgIpc) is 3.16. The smallest absolute Gasteiger partial charge is 0.233 e. The van der Waals surface area contributed by atoms with Crippen molar-refractivity contribution in [2.24, 2.45) is 0 Å². The second-order valence-corrected chi connectivity index (χ2v) is 8.21. The van der Waals surface area contributed by atoms with E-state index in [1.165, 1.54) is 3.97 Å². The van der Waals surface area contributed by atoms with Crippen LogP contribution in [-0.2, 0) is 10.0 Å². The van der Waals surface area contributed by atoms with Gasteiger partial charge >= 0.3 is 0 Å². The van der Waals surface area contributed by atoms with Gasteiger partial charge in [-0.1, -0.05) is 78.4 Å². The molecule has 0 N–H and O–H groups in total. The van der Waals surface area contributed by atoms with Crippen molar-refractivity contribution in [3.63, 3.8) is 0 Å². The quantitative estimate of drug-likeness (QED) is 0.482. The molecule has 1 heterocycles.